The van der Waals surface area contributed by atoms with Crippen molar-refractivity contribution in [1.82, 2.24) is 34.1 Å². The molecule has 18 heavy (non-hydrogen) atoms. The molecule has 0 fully saturated rings. The van der Waals surface area contributed by atoms with Crippen molar-refractivity contribution in [2.24, 2.45) is 0 Å². The summed E-state index contributed by atoms with van der Waals surface area (Å²) in [7, 11) is 1.75. The van der Waals surface area contributed by atoms with E-state index in [9.17, 15) is 0 Å². The lowest BCUT2D eigenvalue weighted by Crippen LogP contribution is -2.09. The Labute approximate surface area is 102 Å². The van der Waals surface area contributed by atoms with Crippen LogP contribution in [0.4, 0.5) is 5.95 Å². The van der Waals surface area contributed by atoms with Crippen molar-refractivity contribution < 1.29 is 0 Å². The molecule has 3 aromatic heterocycles. The van der Waals surface area contributed by atoms with Crippen LogP contribution >= 0.6 is 0 Å². The van der Waals surface area contributed by atoms with Gasteiger partial charge in [0.2, 0.25) is 17.8 Å². The molecule has 0 saturated carbocycles. The molecule has 8 heteroatoms. The Morgan fingerprint density at radius 2 is 1.44 bits per heavy atom. The van der Waals surface area contributed by atoms with Crippen LogP contribution < -0.4 is 5.32 Å². The van der Waals surface area contributed by atoms with E-state index < -0.39 is 0 Å². The van der Waals surface area contributed by atoms with Gasteiger partial charge in [0.15, 0.2) is 0 Å². The minimum absolute atomic E-state index is 0.484. The molecule has 3 heterocycles. The number of rotatable bonds is 3. The predicted octanol–water partition coefficient (Wildman–Crippen LogP) is 0.285. The normalized spacial score (nSPS) is 10.5. The van der Waals surface area contributed by atoms with E-state index >= 15 is 0 Å². The lowest BCUT2D eigenvalue weighted by atomic mass is 10.7. The minimum Gasteiger partial charge on any atom is -0.357 e. The Balaban J connectivity index is 2.13. The molecule has 0 saturated heterocycles. The van der Waals surface area contributed by atoms with Crippen LogP contribution in [0.25, 0.3) is 11.9 Å². The van der Waals surface area contributed by atoms with Crippen LogP contribution in [-0.2, 0) is 0 Å². The number of nitrogens with zero attached hydrogens (tertiary/aromatic N) is 7. The Bertz CT molecular complexity index is 575. The molecule has 3 rings (SSSR count). The highest BCUT2D eigenvalue weighted by molar-refractivity contribution is 5.32. The maximum absolute atomic E-state index is 4.35. The molecule has 1 N–H and O–H groups in total. The SMILES string of the molecule is CNc1nc(-n2ccnc2)nc(-n2ccnc2)n1. The number of hydrogen-bond acceptors (Lipinski definition) is 6. The third-order valence-electron chi connectivity index (χ3n) is 2.31. The molecule has 0 atom stereocenters. The first-order valence-electron chi connectivity index (χ1n) is 5.27. The molecular formula is C10H10N8. The van der Waals surface area contributed by atoms with Gasteiger partial charge in [-0.25, -0.2) is 9.97 Å². The summed E-state index contributed by atoms with van der Waals surface area (Å²) in [4.78, 5) is 20.8. The number of hydrogen-bond donors (Lipinski definition) is 1. The molecule has 0 unspecified atom stereocenters. The van der Waals surface area contributed by atoms with Crippen LogP contribution in [0.3, 0.4) is 0 Å². The molecule has 8 nitrogen and oxygen atoms in total. The maximum Gasteiger partial charge on any atom is 0.241 e. The number of anilines is 1. The summed E-state index contributed by atoms with van der Waals surface area (Å²) in [5.74, 6) is 1.48. The zero-order chi connectivity index (χ0) is 12.4. The van der Waals surface area contributed by atoms with E-state index in [1.807, 2.05) is 0 Å². The highest BCUT2D eigenvalue weighted by Gasteiger charge is 2.08. The van der Waals surface area contributed by atoms with E-state index in [-0.39, 0.29) is 0 Å². The molecular weight excluding hydrogens is 232 g/mol. The molecule has 0 aromatic carbocycles. The number of aromatic nitrogens is 7. The third kappa shape index (κ3) is 1.79. The molecule has 90 valence electrons. The number of imidazole rings is 2. The Morgan fingerprint density at radius 1 is 0.889 bits per heavy atom. The van der Waals surface area contributed by atoms with Crippen LogP contribution in [0.1, 0.15) is 0 Å². The first-order valence-corrected chi connectivity index (χ1v) is 5.27. The van der Waals surface area contributed by atoms with Crippen molar-refractivity contribution >= 4 is 5.95 Å². The van der Waals surface area contributed by atoms with Crippen LogP contribution in [-0.4, -0.2) is 41.1 Å². The Morgan fingerprint density at radius 3 is 1.83 bits per heavy atom. The van der Waals surface area contributed by atoms with Gasteiger partial charge in [0.05, 0.1) is 0 Å². The van der Waals surface area contributed by atoms with Gasteiger partial charge in [-0.2, -0.15) is 15.0 Å². The van der Waals surface area contributed by atoms with E-state index in [0.29, 0.717) is 17.8 Å². The van der Waals surface area contributed by atoms with Gasteiger partial charge in [-0.15, -0.1) is 0 Å². The molecule has 3 aromatic rings. The summed E-state index contributed by atoms with van der Waals surface area (Å²) in [6.07, 6.45) is 10.1. The van der Waals surface area contributed by atoms with E-state index in [1.165, 1.54) is 0 Å². The second-order valence-electron chi connectivity index (χ2n) is 3.45. The Hall–Kier alpha value is -2.77. The van der Waals surface area contributed by atoms with E-state index in [1.54, 1.807) is 53.6 Å². The largest absolute Gasteiger partial charge is 0.357 e. The van der Waals surface area contributed by atoms with Gasteiger partial charge in [-0.3, -0.25) is 9.13 Å². The lowest BCUT2D eigenvalue weighted by molar-refractivity contribution is 0.840. The number of nitrogens with one attached hydrogen (secondary N) is 1. The van der Waals surface area contributed by atoms with Gasteiger partial charge in [0.1, 0.15) is 12.7 Å². The quantitative estimate of drug-likeness (QED) is 0.710. The first-order chi connectivity index (χ1) is 8.86. The summed E-state index contributed by atoms with van der Waals surface area (Å²) >= 11 is 0. The highest BCUT2D eigenvalue weighted by atomic mass is 15.3. The summed E-state index contributed by atoms with van der Waals surface area (Å²) < 4.78 is 3.42. The molecule has 0 bridgehead atoms. The summed E-state index contributed by atoms with van der Waals surface area (Å²) in [5.41, 5.74) is 0. The standard InChI is InChI=1S/C10H10N8/c1-11-8-14-9(17-4-2-12-6-17)16-10(15-8)18-5-3-13-7-18/h2-7H,1H3,(H,11,14,15,16). The van der Waals surface area contributed by atoms with E-state index in [2.05, 4.69) is 30.2 Å². The van der Waals surface area contributed by atoms with Crippen molar-refractivity contribution in [3.05, 3.63) is 37.4 Å². The van der Waals surface area contributed by atoms with Gasteiger partial charge in [-0.05, 0) is 0 Å². The van der Waals surface area contributed by atoms with Gasteiger partial charge in [0.25, 0.3) is 0 Å². The second-order valence-corrected chi connectivity index (χ2v) is 3.45. The van der Waals surface area contributed by atoms with Crippen molar-refractivity contribution in [3.63, 3.8) is 0 Å². The molecule has 0 aliphatic rings. The summed E-state index contributed by atoms with van der Waals surface area (Å²) in [6, 6.07) is 0. The van der Waals surface area contributed by atoms with Gasteiger partial charge in [0, 0.05) is 31.8 Å². The van der Waals surface area contributed by atoms with E-state index in [4.69, 9.17) is 0 Å². The van der Waals surface area contributed by atoms with Crippen LogP contribution in [0.5, 0.6) is 0 Å². The monoisotopic (exact) mass is 242 g/mol. The van der Waals surface area contributed by atoms with Crippen LogP contribution in [0.2, 0.25) is 0 Å². The highest BCUT2D eigenvalue weighted by Crippen LogP contribution is 2.08. The topological polar surface area (TPSA) is 86.3 Å². The smallest absolute Gasteiger partial charge is 0.241 e. The van der Waals surface area contributed by atoms with E-state index in [0.717, 1.165) is 0 Å². The predicted molar refractivity (Wildman–Crippen MR) is 63.6 cm³/mol. The van der Waals surface area contributed by atoms with Crippen molar-refractivity contribution in [2.75, 3.05) is 12.4 Å². The van der Waals surface area contributed by atoms with Gasteiger partial charge >= 0.3 is 0 Å². The van der Waals surface area contributed by atoms with Crippen LogP contribution in [0.15, 0.2) is 37.4 Å². The molecule has 0 radical (unpaired) electrons. The zero-order valence-electron chi connectivity index (χ0n) is 9.59. The van der Waals surface area contributed by atoms with Crippen molar-refractivity contribution in [3.8, 4) is 11.9 Å². The zero-order valence-corrected chi connectivity index (χ0v) is 9.59. The fraction of sp³-hybridized carbons (Fsp3) is 0.100. The fourth-order valence-corrected chi connectivity index (χ4v) is 1.45. The van der Waals surface area contributed by atoms with Gasteiger partial charge in [-0.1, -0.05) is 0 Å². The molecule has 0 amide bonds. The third-order valence-corrected chi connectivity index (χ3v) is 2.31. The van der Waals surface area contributed by atoms with Gasteiger partial charge < -0.3 is 5.32 Å². The second kappa shape index (κ2) is 4.24. The first kappa shape index (κ1) is 10.4. The lowest BCUT2D eigenvalue weighted by Gasteiger charge is -2.06. The maximum atomic E-state index is 4.35. The molecule has 0 aliphatic heterocycles. The average molecular weight is 242 g/mol. The molecule has 0 aliphatic carbocycles. The molecule has 0 spiro atoms. The minimum atomic E-state index is 0.484. The van der Waals surface area contributed by atoms with Crippen molar-refractivity contribution in [1.29, 1.82) is 0 Å². The van der Waals surface area contributed by atoms with Crippen LogP contribution in [0, 0.1) is 0 Å². The average Bonchev–Trinajstić information content (AvgIpc) is 3.10. The fourth-order valence-electron chi connectivity index (χ4n) is 1.45. The summed E-state index contributed by atoms with van der Waals surface area (Å²) in [6.45, 7) is 0. The Kier molecular flexibility index (Phi) is 2.45. The summed E-state index contributed by atoms with van der Waals surface area (Å²) in [5, 5.41) is 2.90. The van der Waals surface area contributed by atoms with Crippen molar-refractivity contribution in [2.45, 2.75) is 0 Å².